The number of rotatable bonds is 3. The van der Waals surface area contributed by atoms with Crippen molar-refractivity contribution in [3.8, 4) is 16.8 Å². The zero-order valence-electron chi connectivity index (χ0n) is 33.2. The molecule has 1 aliphatic rings. The Balaban J connectivity index is 1.27. The summed E-state index contributed by atoms with van der Waals surface area (Å²) in [6, 6.07) is 40.0. The highest BCUT2D eigenvalue weighted by molar-refractivity contribution is 6.73. The molecule has 1 radical (unpaired) electrons. The average molecular weight is 718 g/mol. The molecule has 3 aromatic heterocycles. The van der Waals surface area contributed by atoms with E-state index in [-0.39, 0.29) is 16.2 Å². The van der Waals surface area contributed by atoms with E-state index in [1.165, 1.54) is 27.6 Å². The van der Waals surface area contributed by atoms with Crippen LogP contribution >= 0.6 is 0 Å². The number of nitrogens with one attached hydrogen (secondary N) is 1. The highest BCUT2D eigenvalue weighted by atomic mass is 16.3. The van der Waals surface area contributed by atoms with Gasteiger partial charge in [-0.3, -0.25) is 0 Å². The van der Waals surface area contributed by atoms with E-state index in [1.54, 1.807) is 0 Å². The zero-order chi connectivity index (χ0) is 38.2. The third-order valence-electron chi connectivity index (χ3n) is 11.7. The Morgan fingerprint density at radius 3 is 1.93 bits per heavy atom. The van der Waals surface area contributed by atoms with Crippen molar-refractivity contribution in [2.75, 3.05) is 5.32 Å². The third kappa shape index (κ3) is 5.27. The van der Waals surface area contributed by atoms with Gasteiger partial charge >= 0.3 is 0 Å². The Hall–Kier alpha value is -5.68. The maximum Gasteiger partial charge on any atom is 0.247 e. The molecule has 0 bridgehead atoms. The van der Waals surface area contributed by atoms with Crippen LogP contribution in [0.2, 0.25) is 0 Å². The summed E-state index contributed by atoms with van der Waals surface area (Å²) in [7, 11) is 2.29. The van der Waals surface area contributed by atoms with Crippen molar-refractivity contribution < 1.29 is 8.83 Å². The first kappa shape index (κ1) is 33.9. The molecule has 10 rings (SSSR count). The van der Waals surface area contributed by atoms with Crippen LogP contribution in [0.3, 0.4) is 0 Å². The summed E-state index contributed by atoms with van der Waals surface area (Å²) in [6.45, 7) is 20.4. The number of furan rings is 2. The summed E-state index contributed by atoms with van der Waals surface area (Å²) in [5.41, 5.74) is 16.5. The van der Waals surface area contributed by atoms with Crippen LogP contribution in [0.1, 0.15) is 79.0 Å². The molecule has 1 aliphatic heterocycles. The highest BCUT2D eigenvalue weighted by Gasteiger charge is 2.32. The Morgan fingerprint density at radius 1 is 0.509 bits per heavy atom. The number of para-hydroxylation sites is 1. The Labute approximate surface area is 323 Å². The second-order valence-electron chi connectivity index (χ2n) is 18.6. The summed E-state index contributed by atoms with van der Waals surface area (Å²) >= 11 is 0. The minimum atomic E-state index is -0.0326. The standard InChI is InChI=1S/C50H46BN2O2/c1-48(2,3)28-14-18-31(19-15-28)52-39-22-16-29(49(4,5)6)24-35(39)33-20-21-34-36-27-43-37(32-12-10-11-13-41(32)54-43)26-40(36)53-45(34)44(33)51-47-46(53)38-25-30(50(7,8)9)17-23-42(38)55-47/h10-27,52H,1-9H3. The van der Waals surface area contributed by atoms with Crippen LogP contribution in [0, 0.1) is 0 Å². The Kier molecular flexibility index (Phi) is 7.03. The van der Waals surface area contributed by atoms with Gasteiger partial charge in [0, 0.05) is 49.4 Å². The lowest BCUT2D eigenvalue weighted by Crippen LogP contribution is -2.36. The quantitative estimate of drug-likeness (QED) is 0.185. The van der Waals surface area contributed by atoms with Crippen molar-refractivity contribution in [1.29, 1.82) is 0 Å². The number of anilines is 2. The molecule has 0 unspecified atom stereocenters. The molecule has 0 saturated heterocycles. The summed E-state index contributed by atoms with van der Waals surface area (Å²) in [5, 5.41) is 9.55. The van der Waals surface area contributed by atoms with E-state index < -0.39 is 0 Å². The lowest BCUT2D eigenvalue weighted by Gasteiger charge is -2.25. The van der Waals surface area contributed by atoms with Crippen LogP contribution in [0.25, 0.3) is 71.5 Å². The number of fused-ring (bicyclic) bond motifs is 10. The van der Waals surface area contributed by atoms with E-state index in [0.717, 1.165) is 83.1 Å². The molecule has 5 heteroatoms. The van der Waals surface area contributed by atoms with Crippen LogP contribution in [-0.4, -0.2) is 11.8 Å². The largest absolute Gasteiger partial charge is 0.469 e. The van der Waals surface area contributed by atoms with Crippen molar-refractivity contribution >= 4 is 84.5 Å². The van der Waals surface area contributed by atoms with Crippen LogP contribution in [0.15, 0.2) is 118 Å². The van der Waals surface area contributed by atoms with Gasteiger partial charge in [0.2, 0.25) is 7.28 Å². The Morgan fingerprint density at radius 2 is 1.18 bits per heavy atom. The molecular formula is C50H46BN2O2. The fraction of sp³-hybridized carbons (Fsp3) is 0.240. The number of hydrogen-bond acceptors (Lipinski definition) is 3. The predicted molar refractivity (Wildman–Crippen MR) is 234 cm³/mol. The summed E-state index contributed by atoms with van der Waals surface area (Å²) in [5.74, 6) is 0. The van der Waals surface area contributed by atoms with Gasteiger partial charge in [0.1, 0.15) is 16.7 Å². The summed E-state index contributed by atoms with van der Waals surface area (Å²) in [6.07, 6.45) is 0. The maximum atomic E-state index is 6.83. The van der Waals surface area contributed by atoms with E-state index >= 15 is 0 Å². The fourth-order valence-electron chi connectivity index (χ4n) is 8.54. The van der Waals surface area contributed by atoms with Gasteiger partial charge in [-0.05, 0) is 98.6 Å². The van der Waals surface area contributed by atoms with Crippen molar-refractivity contribution in [1.82, 2.24) is 4.57 Å². The average Bonchev–Trinajstić information content (AvgIpc) is 3.79. The molecule has 0 aliphatic carbocycles. The lowest BCUT2D eigenvalue weighted by molar-refractivity contribution is 0.590. The molecular weight excluding hydrogens is 671 g/mol. The molecule has 4 heterocycles. The smallest absolute Gasteiger partial charge is 0.247 e. The molecule has 0 spiro atoms. The monoisotopic (exact) mass is 717 g/mol. The fourth-order valence-corrected chi connectivity index (χ4v) is 8.54. The van der Waals surface area contributed by atoms with Crippen LogP contribution in [0.5, 0.6) is 0 Å². The maximum absolute atomic E-state index is 6.83. The summed E-state index contributed by atoms with van der Waals surface area (Å²) < 4.78 is 15.8. The predicted octanol–water partition coefficient (Wildman–Crippen LogP) is 12.7. The molecule has 9 aromatic rings. The molecule has 0 saturated carbocycles. The van der Waals surface area contributed by atoms with Crippen LogP contribution < -0.4 is 16.4 Å². The zero-order valence-corrected chi connectivity index (χ0v) is 33.2. The number of benzene rings is 6. The van der Waals surface area contributed by atoms with Gasteiger partial charge in [-0.25, -0.2) is 0 Å². The van der Waals surface area contributed by atoms with Crippen molar-refractivity contribution in [3.05, 3.63) is 126 Å². The molecule has 0 amide bonds. The third-order valence-corrected chi connectivity index (χ3v) is 11.7. The highest BCUT2D eigenvalue weighted by Crippen LogP contribution is 2.43. The molecule has 271 valence electrons. The number of aromatic nitrogens is 1. The lowest BCUT2D eigenvalue weighted by atomic mass is 9.62. The minimum absolute atomic E-state index is 0.00765. The van der Waals surface area contributed by atoms with Crippen LogP contribution in [0.4, 0.5) is 11.4 Å². The van der Waals surface area contributed by atoms with Gasteiger partial charge in [0.15, 0.2) is 0 Å². The number of hydrogen-bond donors (Lipinski definition) is 1. The molecule has 0 atom stereocenters. The first-order valence-corrected chi connectivity index (χ1v) is 19.5. The topological polar surface area (TPSA) is 43.2 Å². The van der Waals surface area contributed by atoms with E-state index in [2.05, 4.69) is 183 Å². The molecule has 4 nitrogen and oxygen atoms in total. The van der Waals surface area contributed by atoms with E-state index in [0.29, 0.717) is 0 Å². The van der Waals surface area contributed by atoms with Gasteiger partial charge in [0.05, 0.1) is 16.9 Å². The SMILES string of the molecule is CC(C)(C)c1ccc(Nc2ccc(C(C)(C)C)cc2-c2ccc3c4cc5oc6ccccc6c5cc4n4c3c2[B]c2oc3ccc(C(C)(C)C)cc3c2-4)cc1. The molecule has 6 aromatic carbocycles. The van der Waals surface area contributed by atoms with E-state index in [9.17, 15) is 0 Å². The van der Waals surface area contributed by atoms with Crippen LogP contribution in [-0.2, 0) is 16.2 Å². The second kappa shape index (κ2) is 11.4. The first-order chi connectivity index (χ1) is 26.1. The minimum Gasteiger partial charge on any atom is -0.469 e. The number of nitrogens with zero attached hydrogens (tertiary/aromatic N) is 1. The van der Waals surface area contributed by atoms with E-state index in [4.69, 9.17) is 8.83 Å². The van der Waals surface area contributed by atoms with Crippen molar-refractivity contribution in [2.45, 2.75) is 78.6 Å². The Bertz CT molecular complexity index is 3020. The molecule has 1 N–H and O–H groups in total. The molecule has 55 heavy (non-hydrogen) atoms. The van der Waals surface area contributed by atoms with Gasteiger partial charge in [-0.15, -0.1) is 0 Å². The van der Waals surface area contributed by atoms with Crippen molar-refractivity contribution in [3.63, 3.8) is 0 Å². The van der Waals surface area contributed by atoms with Gasteiger partial charge in [-0.1, -0.05) is 117 Å². The van der Waals surface area contributed by atoms with E-state index in [1.807, 2.05) is 6.07 Å². The second-order valence-corrected chi connectivity index (χ2v) is 18.6. The van der Waals surface area contributed by atoms with Gasteiger partial charge < -0.3 is 18.7 Å². The van der Waals surface area contributed by atoms with Gasteiger partial charge in [-0.2, -0.15) is 0 Å². The molecule has 0 fully saturated rings. The first-order valence-electron chi connectivity index (χ1n) is 19.5. The van der Waals surface area contributed by atoms with Crippen molar-refractivity contribution in [2.24, 2.45) is 0 Å². The van der Waals surface area contributed by atoms with Gasteiger partial charge in [0.25, 0.3) is 0 Å². The normalized spacial score (nSPS) is 13.3. The summed E-state index contributed by atoms with van der Waals surface area (Å²) in [4.78, 5) is 0.